The Morgan fingerprint density at radius 2 is 1.57 bits per heavy atom. The highest BCUT2D eigenvalue weighted by Gasteiger charge is 2.26. The molecule has 4 rings (SSSR count). The largest absolute Gasteiger partial charge is 0.484 e. The van der Waals surface area contributed by atoms with Gasteiger partial charge in [-0.3, -0.25) is 4.79 Å². The number of aryl methyl sites for hydroxylation is 2. The first-order valence-corrected chi connectivity index (χ1v) is 10.1. The molecular weight excluding hydrogens is 372 g/mol. The van der Waals surface area contributed by atoms with E-state index in [9.17, 15) is 4.79 Å². The van der Waals surface area contributed by atoms with Crippen molar-refractivity contribution in [1.82, 2.24) is 9.88 Å². The smallest absolute Gasteiger partial charge is 0.261 e. The second kappa shape index (κ2) is 8.46. The maximum Gasteiger partial charge on any atom is 0.261 e. The Bertz CT molecular complexity index is 1140. The SMILES string of the molecule is Cc1ccc(OCC(=O)N(C)[C@@H](c2ccc(C)cc2)c2c[nH]c3ccccc23)cc1. The molecule has 1 heterocycles. The molecule has 152 valence electrons. The maximum absolute atomic E-state index is 13.1. The molecule has 0 aliphatic heterocycles. The van der Waals surface area contributed by atoms with Gasteiger partial charge in [-0.05, 0) is 37.6 Å². The van der Waals surface area contributed by atoms with Crippen LogP contribution in [-0.4, -0.2) is 29.4 Å². The van der Waals surface area contributed by atoms with Gasteiger partial charge in [0.25, 0.3) is 5.91 Å². The minimum Gasteiger partial charge on any atom is -0.484 e. The molecule has 4 heteroatoms. The summed E-state index contributed by atoms with van der Waals surface area (Å²) >= 11 is 0. The molecule has 0 bridgehead atoms. The van der Waals surface area contributed by atoms with Crippen molar-refractivity contribution in [3.63, 3.8) is 0 Å². The third kappa shape index (κ3) is 4.08. The van der Waals surface area contributed by atoms with Crippen LogP contribution in [-0.2, 0) is 4.79 Å². The summed E-state index contributed by atoms with van der Waals surface area (Å²) in [5.74, 6) is 0.618. The lowest BCUT2D eigenvalue weighted by Crippen LogP contribution is -2.35. The number of fused-ring (bicyclic) bond motifs is 1. The van der Waals surface area contributed by atoms with E-state index in [1.54, 1.807) is 4.90 Å². The highest BCUT2D eigenvalue weighted by atomic mass is 16.5. The van der Waals surface area contributed by atoms with E-state index < -0.39 is 0 Å². The van der Waals surface area contributed by atoms with Crippen molar-refractivity contribution in [2.45, 2.75) is 19.9 Å². The number of ether oxygens (including phenoxy) is 1. The number of benzene rings is 3. The van der Waals surface area contributed by atoms with Crippen molar-refractivity contribution in [2.75, 3.05) is 13.7 Å². The van der Waals surface area contributed by atoms with Crippen LogP contribution in [0.4, 0.5) is 0 Å². The van der Waals surface area contributed by atoms with Gasteiger partial charge in [-0.2, -0.15) is 0 Å². The Labute approximate surface area is 177 Å². The summed E-state index contributed by atoms with van der Waals surface area (Å²) in [5, 5.41) is 1.11. The summed E-state index contributed by atoms with van der Waals surface area (Å²) in [7, 11) is 1.84. The van der Waals surface area contributed by atoms with E-state index in [1.165, 1.54) is 5.56 Å². The molecule has 1 aromatic heterocycles. The minimum absolute atomic E-state index is 0.00965. The monoisotopic (exact) mass is 398 g/mol. The molecule has 1 N–H and O–H groups in total. The lowest BCUT2D eigenvalue weighted by Gasteiger charge is -2.29. The van der Waals surface area contributed by atoms with E-state index in [4.69, 9.17) is 4.74 Å². The fourth-order valence-corrected chi connectivity index (χ4v) is 3.71. The Morgan fingerprint density at radius 1 is 0.933 bits per heavy atom. The highest BCUT2D eigenvalue weighted by Crippen LogP contribution is 2.33. The molecule has 0 unspecified atom stereocenters. The lowest BCUT2D eigenvalue weighted by atomic mass is 9.96. The first kappa shape index (κ1) is 19.8. The molecule has 4 aromatic rings. The van der Waals surface area contributed by atoms with Crippen LogP contribution in [0.15, 0.2) is 79.0 Å². The van der Waals surface area contributed by atoms with Gasteiger partial charge >= 0.3 is 0 Å². The summed E-state index contributed by atoms with van der Waals surface area (Å²) in [6.07, 6.45) is 2.00. The van der Waals surface area contributed by atoms with Gasteiger partial charge in [-0.15, -0.1) is 0 Å². The number of carbonyl (C=O) groups excluding carboxylic acids is 1. The topological polar surface area (TPSA) is 45.3 Å². The number of likely N-dealkylation sites (N-methyl/N-ethyl adjacent to an activating group) is 1. The fourth-order valence-electron chi connectivity index (χ4n) is 3.71. The van der Waals surface area contributed by atoms with Gasteiger partial charge in [0.05, 0.1) is 6.04 Å². The number of nitrogens with zero attached hydrogens (tertiary/aromatic N) is 1. The first-order valence-electron chi connectivity index (χ1n) is 10.1. The normalized spacial score (nSPS) is 12.0. The summed E-state index contributed by atoms with van der Waals surface area (Å²) in [6.45, 7) is 4.08. The Morgan fingerprint density at radius 3 is 2.27 bits per heavy atom. The van der Waals surface area contributed by atoms with Crippen LogP contribution >= 0.6 is 0 Å². The molecule has 0 aliphatic carbocycles. The highest BCUT2D eigenvalue weighted by molar-refractivity contribution is 5.85. The number of amides is 1. The van der Waals surface area contributed by atoms with Crippen LogP contribution in [0.25, 0.3) is 10.9 Å². The second-order valence-corrected chi connectivity index (χ2v) is 7.71. The van der Waals surface area contributed by atoms with Crippen molar-refractivity contribution >= 4 is 16.8 Å². The van der Waals surface area contributed by atoms with Crippen LogP contribution in [0.3, 0.4) is 0 Å². The van der Waals surface area contributed by atoms with E-state index in [-0.39, 0.29) is 18.6 Å². The van der Waals surface area contributed by atoms with Gasteiger partial charge in [0, 0.05) is 29.7 Å². The zero-order chi connectivity index (χ0) is 21.1. The molecular formula is C26H26N2O2. The number of H-pyrrole nitrogens is 1. The average molecular weight is 399 g/mol. The average Bonchev–Trinajstić information content (AvgIpc) is 3.18. The van der Waals surface area contributed by atoms with Gasteiger partial charge in [-0.25, -0.2) is 0 Å². The number of aromatic amines is 1. The number of carbonyl (C=O) groups is 1. The van der Waals surface area contributed by atoms with Crippen LogP contribution in [0.1, 0.15) is 28.3 Å². The molecule has 0 aliphatic rings. The van der Waals surface area contributed by atoms with Crippen molar-refractivity contribution in [1.29, 1.82) is 0 Å². The maximum atomic E-state index is 13.1. The molecule has 3 aromatic carbocycles. The van der Waals surface area contributed by atoms with Crippen molar-refractivity contribution in [3.8, 4) is 5.75 Å². The van der Waals surface area contributed by atoms with Gasteiger partial charge < -0.3 is 14.6 Å². The quantitative estimate of drug-likeness (QED) is 0.472. The van der Waals surface area contributed by atoms with E-state index in [2.05, 4.69) is 42.2 Å². The predicted molar refractivity (Wildman–Crippen MR) is 121 cm³/mol. The molecule has 0 radical (unpaired) electrons. The van der Waals surface area contributed by atoms with E-state index >= 15 is 0 Å². The number of para-hydroxylation sites is 1. The van der Waals surface area contributed by atoms with E-state index in [1.807, 2.05) is 62.6 Å². The molecule has 0 saturated heterocycles. The number of hydrogen-bond acceptors (Lipinski definition) is 2. The molecule has 1 atom stereocenters. The summed E-state index contributed by atoms with van der Waals surface area (Å²) in [5.41, 5.74) is 5.54. The Kier molecular flexibility index (Phi) is 5.57. The van der Waals surface area contributed by atoms with Gasteiger partial charge in [0.15, 0.2) is 6.61 Å². The van der Waals surface area contributed by atoms with E-state index in [0.717, 1.165) is 27.6 Å². The summed E-state index contributed by atoms with van der Waals surface area (Å²) < 4.78 is 5.75. The number of rotatable bonds is 6. The number of nitrogens with one attached hydrogen (secondary N) is 1. The molecule has 0 fully saturated rings. The number of aromatic nitrogens is 1. The molecule has 0 saturated carbocycles. The standard InChI is InChI=1S/C26H26N2O2/c1-18-8-12-20(13-9-18)26(23-16-27-24-7-5-4-6-22(23)24)28(3)25(29)17-30-21-14-10-19(2)11-15-21/h4-16,26-27H,17H2,1-3H3/t26-/m0/s1. The van der Waals surface area contributed by atoms with Gasteiger partial charge in [0.1, 0.15) is 5.75 Å². The third-order valence-corrected chi connectivity index (χ3v) is 5.47. The summed E-state index contributed by atoms with van der Waals surface area (Å²) in [4.78, 5) is 18.2. The zero-order valence-electron chi connectivity index (χ0n) is 17.6. The van der Waals surface area contributed by atoms with Crippen molar-refractivity contribution in [3.05, 3.63) is 101 Å². The van der Waals surface area contributed by atoms with Crippen molar-refractivity contribution < 1.29 is 9.53 Å². The van der Waals surface area contributed by atoms with Gasteiger partial charge in [-0.1, -0.05) is 65.7 Å². The number of hydrogen-bond donors (Lipinski definition) is 1. The molecule has 1 amide bonds. The summed E-state index contributed by atoms with van der Waals surface area (Å²) in [6, 6.07) is 24.0. The van der Waals surface area contributed by atoms with Crippen LogP contribution < -0.4 is 4.74 Å². The Balaban J connectivity index is 1.63. The van der Waals surface area contributed by atoms with Crippen LogP contribution in [0, 0.1) is 13.8 Å². The lowest BCUT2D eigenvalue weighted by molar-refractivity contribution is -0.133. The third-order valence-electron chi connectivity index (χ3n) is 5.47. The second-order valence-electron chi connectivity index (χ2n) is 7.71. The molecule has 30 heavy (non-hydrogen) atoms. The minimum atomic E-state index is -0.212. The zero-order valence-corrected chi connectivity index (χ0v) is 17.6. The molecule has 0 spiro atoms. The van der Waals surface area contributed by atoms with Crippen LogP contribution in [0.5, 0.6) is 5.75 Å². The molecule has 4 nitrogen and oxygen atoms in total. The van der Waals surface area contributed by atoms with Crippen LogP contribution in [0.2, 0.25) is 0 Å². The van der Waals surface area contributed by atoms with Gasteiger partial charge in [0.2, 0.25) is 0 Å². The fraction of sp³-hybridized carbons (Fsp3) is 0.192. The Hall–Kier alpha value is -3.53. The van der Waals surface area contributed by atoms with Crippen molar-refractivity contribution in [2.24, 2.45) is 0 Å². The van der Waals surface area contributed by atoms with E-state index in [0.29, 0.717) is 5.75 Å². The first-order chi connectivity index (χ1) is 14.5. The predicted octanol–water partition coefficient (Wildman–Crippen LogP) is 5.41.